The number of fused-ring (bicyclic) bond motifs is 1. The number of halogens is 1. The molecule has 2 unspecified atom stereocenters. The third-order valence-electron chi connectivity index (χ3n) is 4.32. The lowest BCUT2D eigenvalue weighted by Crippen LogP contribution is -2.35. The van der Waals surface area contributed by atoms with Crippen LogP contribution in [-0.4, -0.2) is 13.1 Å². The summed E-state index contributed by atoms with van der Waals surface area (Å²) in [6.45, 7) is 0. The average Bonchev–Trinajstić information content (AvgIpc) is 2.89. The fraction of sp³-hybridized carbons (Fsp3) is 0.412. The molecule has 0 spiro atoms. The van der Waals surface area contributed by atoms with Crippen molar-refractivity contribution in [1.29, 1.82) is 0 Å². The maximum atomic E-state index is 3.56. The molecule has 1 aromatic heterocycles. The molecule has 0 bridgehead atoms. The highest BCUT2D eigenvalue weighted by Crippen LogP contribution is 2.35. The Bertz CT molecular complexity index is 578. The highest BCUT2D eigenvalue weighted by Gasteiger charge is 2.27. The van der Waals surface area contributed by atoms with Gasteiger partial charge in [-0.2, -0.15) is 0 Å². The maximum absolute atomic E-state index is 3.56. The molecule has 106 valence electrons. The molecule has 20 heavy (non-hydrogen) atoms. The van der Waals surface area contributed by atoms with Crippen molar-refractivity contribution in [3.8, 4) is 0 Å². The van der Waals surface area contributed by atoms with Crippen molar-refractivity contribution >= 4 is 27.3 Å². The van der Waals surface area contributed by atoms with Gasteiger partial charge in [0, 0.05) is 10.9 Å². The number of hydrogen-bond donors (Lipinski definition) is 1. The fourth-order valence-corrected chi connectivity index (χ4v) is 4.87. The van der Waals surface area contributed by atoms with Crippen molar-refractivity contribution in [2.45, 2.75) is 37.6 Å². The molecule has 3 heteroatoms. The van der Waals surface area contributed by atoms with E-state index >= 15 is 0 Å². The minimum Gasteiger partial charge on any atom is -0.316 e. The van der Waals surface area contributed by atoms with Gasteiger partial charge < -0.3 is 5.32 Å². The van der Waals surface area contributed by atoms with Crippen LogP contribution in [0.4, 0.5) is 0 Å². The van der Waals surface area contributed by atoms with Crippen molar-refractivity contribution in [3.05, 3.63) is 56.2 Å². The summed E-state index contributed by atoms with van der Waals surface area (Å²) in [5.74, 6) is 0.644. The summed E-state index contributed by atoms with van der Waals surface area (Å²) in [5, 5.41) is 3.56. The van der Waals surface area contributed by atoms with Crippen molar-refractivity contribution < 1.29 is 0 Å². The van der Waals surface area contributed by atoms with Gasteiger partial charge in [-0.05, 0) is 77.8 Å². The Labute approximate surface area is 133 Å². The van der Waals surface area contributed by atoms with E-state index in [0.29, 0.717) is 12.0 Å². The molecule has 3 rings (SSSR count). The summed E-state index contributed by atoms with van der Waals surface area (Å²) < 4.78 is 1.23. The van der Waals surface area contributed by atoms with Gasteiger partial charge in [-0.25, -0.2) is 0 Å². The van der Waals surface area contributed by atoms with Gasteiger partial charge in [-0.1, -0.05) is 24.3 Å². The topological polar surface area (TPSA) is 12.0 Å². The Morgan fingerprint density at radius 2 is 2.15 bits per heavy atom. The molecule has 0 saturated heterocycles. The standard InChI is InChI=1S/C17H20BrNS/c1-19-16(11-13-9-10-17(18)20-13)15-8-4-6-12-5-2-3-7-14(12)15/h2-3,5,7,9-10,15-16,19H,4,6,8,11H2,1H3. The third-order valence-corrected chi connectivity index (χ3v) is 5.97. The quantitative estimate of drug-likeness (QED) is 0.838. The Kier molecular flexibility index (Phi) is 4.59. The molecule has 2 atom stereocenters. The fourth-order valence-electron chi connectivity index (χ4n) is 3.33. The van der Waals surface area contributed by atoms with Crippen molar-refractivity contribution in [2.24, 2.45) is 0 Å². The van der Waals surface area contributed by atoms with Gasteiger partial charge in [0.15, 0.2) is 0 Å². The highest BCUT2D eigenvalue weighted by molar-refractivity contribution is 9.11. The molecular formula is C17H20BrNS. The smallest absolute Gasteiger partial charge is 0.0701 e. The van der Waals surface area contributed by atoms with E-state index in [9.17, 15) is 0 Å². The SMILES string of the molecule is CNC(Cc1ccc(Br)s1)C1CCCc2ccccc21. The third kappa shape index (κ3) is 3.00. The van der Waals surface area contributed by atoms with Crippen molar-refractivity contribution in [1.82, 2.24) is 5.32 Å². The molecule has 1 aliphatic carbocycles. The van der Waals surface area contributed by atoms with Crippen LogP contribution in [0.1, 0.15) is 34.8 Å². The summed E-state index contributed by atoms with van der Waals surface area (Å²) in [7, 11) is 2.10. The number of rotatable bonds is 4. The molecule has 0 fully saturated rings. The monoisotopic (exact) mass is 349 g/mol. The predicted molar refractivity (Wildman–Crippen MR) is 90.7 cm³/mol. The second-order valence-electron chi connectivity index (χ2n) is 5.50. The normalized spacial score (nSPS) is 19.6. The summed E-state index contributed by atoms with van der Waals surface area (Å²) in [6.07, 6.45) is 4.97. The molecule has 1 nitrogen and oxygen atoms in total. The molecule has 1 heterocycles. The van der Waals surface area contributed by atoms with Gasteiger partial charge in [0.05, 0.1) is 3.79 Å². The molecule has 0 radical (unpaired) electrons. The molecule has 0 saturated carbocycles. The first kappa shape index (κ1) is 14.3. The zero-order valence-electron chi connectivity index (χ0n) is 11.7. The van der Waals surface area contributed by atoms with Gasteiger partial charge in [-0.15, -0.1) is 11.3 Å². The first-order valence-corrected chi connectivity index (χ1v) is 8.88. The number of nitrogens with one attached hydrogen (secondary N) is 1. The zero-order chi connectivity index (χ0) is 13.9. The Morgan fingerprint density at radius 1 is 1.30 bits per heavy atom. The number of aryl methyl sites for hydroxylation is 1. The number of thiophene rings is 1. The summed E-state index contributed by atoms with van der Waals surface area (Å²) in [4.78, 5) is 1.46. The van der Waals surface area contributed by atoms with E-state index < -0.39 is 0 Å². The van der Waals surface area contributed by atoms with Gasteiger partial charge in [0.25, 0.3) is 0 Å². The van der Waals surface area contributed by atoms with Crippen LogP contribution in [-0.2, 0) is 12.8 Å². The molecule has 0 aliphatic heterocycles. The van der Waals surface area contributed by atoms with Crippen LogP contribution >= 0.6 is 27.3 Å². The number of benzene rings is 1. The maximum Gasteiger partial charge on any atom is 0.0701 e. The highest BCUT2D eigenvalue weighted by atomic mass is 79.9. The molecule has 1 aliphatic rings. The van der Waals surface area contributed by atoms with E-state index in [-0.39, 0.29) is 0 Å². The van der Waals surface area contributed by atoms with E-state index in [1.807, 2.05) is 11.3 Å². The van der Waals surface area contributed by atoms with Gasteiger partial charge in [0.1, 0.15) is 0 Å². The first-order chi connectivity index (χ1) is 9.78. The molecule has 2 aromatic rings. The van der Waals surface area contributed by atoms with E-state index in [1.54, 1.807) is 11.1 Å². The molecule has 0 amide bonds. The zero-order valence-corrected chi connectivity index (χ0v) is 14.1. The van der Waals surface area contributed by atoms with Crippen LogP contribution in [0.3, 0.4) is 0 Å². The molecular weight excluding hydrogens is 330 g/mol. The largest absolute Gasteiger partial charge is 0.316 e. The van der Waals surface area contributed by atoms with E-state index in [0.717, 1.165) is 6.42 Å². The Hall–Kier alpha value is -0.640. The van der Waals surface area contributed by atoms with E-state index in [4.69, 9.17) is 0 Å². The minimum atomic E-state index is 0.530. The first-order valence-electron chi connectivity index (χ1n) is 7.27. The van der Waals surface area contributed by atoms with Crippen molar-refractivity contribution in [3.63, 3.8) is 0 Å². The Morgan fingerprint density at radius 3 is 2.90 bits per heavy atom. The van der Waals surface area contributed by atoms with Gasteiger partial charge >= 0.3 is 0 Å². The Balaban J connectivity index is 1.83. The van der Waals surface area contributed by atoms with Gasteiger partial charge in [0.2, 0.25) is 0 Å². The van der Waals surface area contributed by atoms with Crippen molar-refractivity contribution in [2.75, 3.05) is 7.05 Å². The van der Waals surface area contributed by atoms with E-state index in [2.05, 4.69) is 64.7 Å². The van der Waals surface area contributed by atoms with Crippen LogP contribution in [0.5, 0.6) is 0 Å². The van der Waals surface area contributed by atoms with Crippen LogP contribution in [0.15, 0.2) is 40.2 Å². The van der Waals surface area contributed by atoms with Crippen LogP contribution in [0.25, 0.3) is 0 Å². The minimum absolute atomic E-state index is 0.530. The second-order valence-corrected chi connectivity index (χ2v) is 8.05. The van der Waals surface area contributed by atoms with Gasteiger partial charge in [-0.3, -0.25) is 0 Å². The lowest BCUT2D eigenvalue weighted by Gasteiger charge is -2.32. The van der Waals surface area contributed by atoms with E-state index in [1.165, 1.54) is 27.9 Å². The molecule has 1 aromatic carbocycles. The number of likely N-dealkylation sites (N-methyl/N-ethyl adjacent to an activating group) is 1. The average molecular weight is 350 g/mol. The lowest BCUT2D eigenvalue weighted by molar-refractivity contribution is 0.413. The van der Waals surface area contributed by atoms with Crippen LogP contribution in [0, 0.1) is 0 Å². The summed E-state index contributed by atoms with van der Waals surface area (Å²) in [6, 6.07) is 13.9. The lowest BCUT2D eigenvalue weighted by atomic mass is 9.78. The number of hydrogen-bond acceptors (Lipinski definition) is 2. The van der Waals surface area contributed by atoms with Crippen LogP contribution < -0.4 is 5.32 Å². The predicted octanol–water partition coefficient (Wildman–Crippen LogP) is 4.76. The second kappa shape index (κ2) is 6.42. The summed E-state index contributed by atoms with van der Waals surface area (Å²) >= 11 is 5.42. The van der Waals surface area contributed by atoms with Crippen LogP contribution in [0.2, 0.25) is 0 Å². The summed E-state index contributed by atoms with van der Waals surface area (Å²) in [5.41, 5.74) is 3.12. The molecule has 1 N–H and O–H groups in total.